The van der Waals surface area contributed by atoms with Gasteiger partial charge in [-0.1, -0.05) is 0 Å². The molecule has 2 rings (SSSR count). The van der Waals surface area contributed by atoms with Crippen molar-refractivity contribution >= 4 is 5.97 Å². The first kappa shape index (κ1) is 9.39. The first-order valence-electron chi connectivity index (χ1n) is 4.22. The van der Waals surface area contributed by atoms with Gasteiger partial charge in [0, 0.05) is 0 Å². The summed E-state index contributed by atoms with van der Waals surface area (Å²) in [4.78, 5) is 10.8. The van der Waals surface area contributed by atoms with E-state index in [-0.39, 0.29) is 11.5 Å². The minimum atomic E-state index is -1.07. The zero-order chi connectivity index (χ0) is 10.8. The van der Waals surface area contributed by atoms with Crippen molar-refractivity contribution < 1.29 is 14.3 Å². The molecule has 0 amide bonds. The van der Waals surface area contributed by atoms with Crippen LogP contribution in [0.2, 0.25) is 0 Å². The van der Waals surface area contributed by atoms with Crippen LogP contribution in [-0.2, 0) is 0 Å². The molecule has 15 heavy (non-hydrogen) atoms. The standard InChI is InChI=1S/C10H7FN2O2/c11-7-1-3-8(4-2-7)13-9(10(14)15)5-6-12-13/h1-6H,(H,14,15). The van der Waals surface area contributed by atoms with Crippen molar-refractivity contribution in [3.8, 4) is 5.69 Å². The molecular weight excluding hydrogens is 199 g/mol. The van der Waals surface area contributed by atoms with Gasteiger partial charge >= 0.3 is 5.97 Å². The Labute approximate surface area is 84.6 Å². The Morgan fingerprint density at radius 3 is 2.53 bits per heavy atom. The van der Waals surface area contributed by atoms with E-state index in [4.69, 9.17) is 5.11 Å². The molecule has 0 saturated heterocycles. The molecule has 4 nitrogen and oxygen atoms in total. The Bertz CT molecular complexity index is 490. The highest BCUT2D eigenvalue weighted by atomic mass is 19.1. The number of benzene rings is 1. The fourth-order valence-electron chi connectivity index (χ4n) is 1.25. The molecule has 1 aromatic heterocycles. The van der Waals surface area contributed by atoms with Crippen molar-refractivity contribution in [2.24, 2.45) is 0 Å². The maximum Gasteiger partial charge on any atom is 0.354 e. The van der Waals surface area contributed by atoms with Gasteiger partial charge in [0.25, 0.3) is 0 Å². The van der Waals surface area contributed by atoms with E-state index in [1.807, 2.05) is 0 Å². The Balaban J connectivity index is 2.49. The molecule has 0 aliphatic heterocycles. The minimum Gasteiger partial charge on any atom is -0.477 e. The van der Waals surface area contributed by atoms with Gasteiger partial charge in [-0.3, -0.25) is 0 Å². The zero-order valence-corrected chi connectivity index (χ0v) is 7.59. The van der Waals surface area contributed by atoms with Gasteiger partial charge in [-0.15, -0.1) is 0 Å². The lowest BCUT2D eigenvalue weighted by atomic mass is 10.3. The topological polar surface area (TPSA) is 55.1 Å². The summed E-state index contributed by atoms with van der Waals surface area (Å²) < 4.78 is 13.9. The molecule has 0 aliphatic carbocycles. The van der Waals surface area contributed by atoms with Crippen molar-refractivity contribution in [1.82, 2.24) is 9.78 Å². The van der Waals surface area contributed by atoms with Gasteiger partial charge in [0.2, 0.25) is 0 Å². The summed E-state index contributed by atoms with van der Waals surface area (Å²) in [5.74, 6) is -1.44. The Hall–Kier alpha value is -2.17. The summed E-state index contributed by atoms with van der Waals surface area (Å²) in [5.41, 5.74) is 0.556. The van der Waals surface area contributed by atoms with Crippen LogP contribution in [0.4, 0.5) is 4.39 Å². The predicted molar refractivity (Wildman–Crippen MR) is 50.5 cm³/mol. The first-order valence-corrected chi connectivity index (χ1v) is 4.22. The number of aromatic nitrogens is 2. The maximum absolute atomic E-state index is 12.6. The lowest BCUT2D eigenvalue weighted by Gasteiger charge is -2.03. The second kappa shape index (κ2) is 3.53. The molecular formula is C10H7FN2O2. The second-order valence-corrected chi connectivity index (χ2v) is 2.91. The van der Waals surface area contributed by atoms with Crippen molar-refractivity contribution in [3.05, 3.63) is 48.0 Å². The fourth-order valence-corrected chi connectivity index (χ4v) is 1.25. The van der Waals surface area contributed by atoms with E-state index < -0.39 is 5.97 Å². The summed E-state index contributed by atoms with van der Waals surface area (Å²) in [7, 11) is 0. The number of rotatable bonds is 2. The van der Waals surface area contributed by atoms with E-state index in [0.717, 1.165) is 0 Å². The highest BCUT2D eigenvalue weighted by Gasteiger charge is 2.11. The third-order valence-electron chi connectivity index (χ3n) is 1.93. The predicted octanol–water partition coefficient (Wildman–Crippen LogP) is 1.71. The highest BCUT2D eigenvalue weighted by Crippen LogP contribution is 2.11. The molecule has 0 unspecified atom stereocenters. The number of carbonyl (C=O) groups is 1. The number of hydrogen-bond acceptors (Lipinski definition) is 2. The summed E-state index contributed by atoms with van der Waals surface area (Å²) in [6.45, 7) is 0. The number of nitrogens with zero attached hydrogens (tertiary/aromatic N) is 2. The quantitative estimate of drug-likeness (QED) is 0.813. The van der Waals surface area contributed by atoms with E-state index in [0.29, 0.717) is 5.69 Å². The third-order valence-corrected chi connectivity index (χ3v) is 1.93. The monoisotopic (exact) mass is 206 g/mol. The van der Waals surface area contributed by atoms with Crippen LogP contribution in [0.5, 0.6) is 0 Å². The molecule has 0 radical (unpaired) electrons. The molecule has 0 spiro atoms. The number of hydrogen-bond donors (Lipinski definition) is 1. The van der Waals surface area contributed by atoms with E-state index in [1.165, 1.54) is 41.2 Å². The Morgan fingerprint density at radius 1 is 1.27 bits per heavy atom. The Kier molecular flexibility index (Phi) is 2.21. The summed E-state index contributed by atoms with van der Waals surface area (Å²) >= 11 is 0. The zero-order valence-electron chi connectivity index (χ0n) is 7.59. The highest BCUT2D eigenvalue weighted by molar-refractivity contribution is 5.86. The number of carboxylic acid groups (broad SMARTS) is 1. The van der Waals surface area contributed by atoms with Crippen LogP contribution in [0.1, 0.15) is 10.5 Å². The number of halogens is 1. The van der Waals surface area contributed by atoms with Crippen LogP contribution in [-0.4, -0.2) is 20.9 Å². The van der Waals surface area contributed by atoms with Gasteiger partial charge in [-0.05, 0) is 30.3 Å². The SMILES string of the molecule is O=C(O)c1ccnn1-c1ccc(F)cc1. The average Bonchev–Trinajstić information content (AvgIpc) is 2.67. The van der Waals surface area contributed by atoms with Gasteiger partial charge in [0.05, 0.1) is 11.9 Å². The lowest BCUT2D eigenvalue weighted by Crippen LogP contribution is -2.07. The van der Waals surface area contributed by atoms with Crippen LogP contribution in [0, 0.1) is 5.82 Å². The maximum atomic E-state index is 12.6. The Morgan fingerprint density at radius 2 is 1.93 bits per heavy atom. The van der Waals surface area contributed by atoms with Gasteiger partial charge in [0.1, 0.15) is 5.82 Å². The van der Waals surface area contributed by atoms with Crippen molar-refractivity contribution in [2.75, 3.05) is 0 Å². The molecule has 0 saturated carbocycles. The molecule has 0 aliphatic rings. The fraction of sp³-hybridized carbons (Fsp3) is 0. The van der Waals surface area contributed by atoms with Gasteiger partial charge in [-0.2, -0.15) is 5.10 Å². The molecule has 0 bridgehead atoms. The van der Waals surface area contributed by atoms with Gasteiger partial charge in [-0.25, -0.2) is 13.9 Å². The van der Waals surface area contributed by atoms with E-state index >= 15 is 0 Å². The van der Waals surface area contributed by atoms with Crippen molar-refractivity contribution in [3.63, 3.8) is 0 Å². The summed E-state index contributed by atoms with van der Waals surface area (Å²) in [6, 6.07) is 6.82. The lowest BCUT2D eigenvalue weighted by molar-refractivity contribution is 0.0687. The van der Waals surface area contributed by atoms with Crippen molar-refractivity contribution in [2.45, 2.75) is 0 Å². The normalized spacial score (nSPS) is 10.2. The molecule has 76 valence electrons. The second-order valence-electron chi connectivity index (χ2n) is 2.91. The van der Waals surface area contributed by atoms with Gasteiger partial charge < -0.3 is 5.11 Å². The van der Waals surface area contributed by atoms with Crippen LogP contribution in [0.25, 0.3) is 5.69 Å². The van der Waals surface area contributed by atoms with Crippen LogP contribution >= 0.6 is 0 Å². The smallest absolute Gasteiger partial charge is 0.354 e. The van der Waals surface area contributed by atoms with Crippen LogP contribution in [0.3, 0.4) is 0 Å². The summed E-state index contributed by atoms with van der Waals surface area (Å²) in [5, 5.41) is 12.7. The third kappa shape index (κ3) is 1.71. The van der Waals surface area contributed by atoms with Crippen LogP contribution < -0.4 is 0 Å². The molecule has 1 aromatic carbocycles. The molecule has 1 heterocycles. The average molecular weight is 206 g/mol. The number of aromatic carboxylic acids is 1. The number of carboxylic acids is 1. The van der Waals surface area contributed by atoms with Crippen LogP contribution in [0.15, 0.2) is 36.5 Å². The van der Waals surface area contributed by atoms with E-state index in [1.54, 1.807) is 0 Å². The van der Waals surface area contributed by atoms with Crippen molar-refractivity contribution in [1.29, 1.82) is 0 Å². The van der Waals surface area contributed by atoms with Gasteiger partial charge in [0.15, 0.2) is 5.69 Å². The van der Waals surface area contributed by atoms with E-state index in [9.17, 15) is 9.18 Å². The molecule has 2 aromatic rings. The molecule has 0 atom stereocenters. The molecule has 1 N–H and O–H groups in total. The minimum absolute atomic E-state index is 0.0432. The molecule has 0 fully saturated rings. The van der Waals surface area contributed by atoms with E-state index in [2.05, 4.69) is 5.10 Å². The summed E-state index contributed by atoms with van der Waals surface area (Å²) in [6.07, 6.45) is 1.38. The largest absolute Gasteiger partial charge is 0.477 e. The first-order chi connectivity index (χ1) is 7.18. The molecule has 5 heteroatoms.